The van der Waals surface area contributed by atoms with E-state index in [0.29, 0.717) is 146 Å². The van der Waals surface area contributed by atoms with Gasteiger partial charge in [-0.2, -0.15) is 20.4 Å². The van der Waals surface area contributed by atoms with Gasteiger partial charge < -0.3 is 58.2 Å². The van der Waals surface area contributed by atoms with Crippen LogP contribution in [-0.4, -0.2) is 170 Å². The molecule has 0 amide bonds. The number of benzene rings is 4. The number of likely N-dealkylation sites (tertiary alicyclic amines) is 1. The van der Waals surface area contributed by atoms with E-state index in [1.165, 1.54) is 49.1 Å². The Labute approximate surface area is 861 Å². The summed E-state index contributed by atoms with van der Waals surface area (Å²) in [6.45, 7) is 23.0. The highest BCUT2D eigenvalue weighted by Gasteiger charge is 2.27. The summed E-state index contributed by atoms with van der Waals surface area (Å²) in [4.78, 5) is 36.0. The molecule has 6 N–H and O–H groups in total. The van der Waals surface area contributed by atoms with Crippen molar-refractivity contribution in [2.75, 3.05) is 71.6 Å². The Morgan fingerprint density at radius 2 is 0.705 bits per heavy atom. The minimum Gasteiger partial charge on any atom is -0.486 e. The van der Waals surface area contributed by atoms with Crippen molar-refractivity contribution < 1.29 is 60.2 Å². The lowest BCUT2D eigenvalue weighted by molar-refractivity contribution is 0.0490. The molecule has 0 aliphatic carbocycles. The summed E-state index contributed by atoms with van der Waals surface area (Å²) in [6.07, 6.45) is 31.8. The second-order valence-corrected chi connectivity index (χ2v) is 38.0. The molecule has 36 heteroatoms. The number of rotatable bonds is 29. The number of piperidine rings is 2. The van der Waals surface area contributed by atoms with E-state index in [4.69, 9.17) is 89.0 Å². The third-order valence-electron chi connectivity index (χ3n) is 25.7. The molecule has 756 valence electrons. The normalized spacial score (nSPS) is 15.8. The van der Waals surface area contributed by atoms with Crippen molar-refractivity contribution in [3.8, 4) is 40.6 Å². The number of halogens is 8. The van der Waals surface area contributed by atoms with Crippen LogP contribution in [0.25, 0.3) is 91.2 Å². The van der Waals surface area contributed by atoms with Crippen molar-refractivity contribution in [2.24, 2.45) is 5.92 Å². The van der Waals surface area contributed by atoms with E-state index in [1.807, 2.05) is 128 Å². The number of H-pyrrole nitrogens is 4. The zero-order valence-corrected chi connectivity index (χ0v) is 85.0. The van der Waals surface area contributed by atoms with Gasteiger partial charge in [0.1, 0.15) is 88.7 Å². The van der Waals surface area contributed by atoms with E-state index in [-0.39, 0.29) is 36.6 Å². The molecule has 0 spiro atoms. The monoisotopic (exact) mass is 2060 g/mol. The maximum atomic E-state index is 15.2. The number of pyridine rings is 8. The van der Waals surface area contributed by atoms with E-state index in [1.54, 1.807) is 98.1 Å². The summed E-state index contributed by atoms with van der Waals surface area (Å²) in [7, 11) is 2.11. The molecule has 4 aromatic carbocycles. The van der Waals surface area contributed by atoms with Crippen LogP contribution in [0.4, 0.5) is 23.4 Å². The Bertz CT molecular complexity index is 7000. The first kappa shape index (κ1) is 103. The van der Waals surface area contributed by atoms with Crippen LogP contribution in [0.15, 0.2) is 196 Å². The van der Waals surface area contributed by atoms with E-state index >= 15 is 17.6 Å². The number of fused-ring (bicyclic) bond motifs is 4. The van der Waals surface area contributed by atoms with Gasteiger partial charge in [0.15, 0.2) is 0 Å². The number of anilines is 1. The number of hydrogen-bond acceptors (Lipinski definition) is 24. The third-order valence-corrected chi connectivity index (χ3v) is 26.9. The highest BCUT2D eigenvalue weighted by atomic mass is 35.5. The second kappa shape index (κ2) is 48.8. The Balaban J connectivity index is 0.000000133. The van der Waals surface area contributed by atoms with Crippen molar-refractivity contribution in [1.29, 1.82) is 0 Å². The molecule has 12 aromatic heterocycles. The van der Waals surface area contributed by atoms with Crippen LogP contribution in [0.3, 0.4) is 0 Å². The third kappa shape index (κ3) is 26.7. The van der Waals surface area contributed by atoms with Gasteiger partial charge in [-0.15, -0.1) is 0 Å². The fraction of sp³-hybridized carbons (Fsp3) is 0.309. The maximum Gasteiger partial charge on any atom is 0.213 e. The van der Waals surface area contributed by atoms with Crippen molar-refractivity contribution in [3.63, 3.8) is 0 Å². The molecule has 0 radical (unpaired) electrons. The van der Waals surface area contributed by atoms with Crippen LogP contribution < -0.4 is 43.8 Å². The first-order valence-electron chi connectivity index (χ1n) is 48.4. The Morgan fingerprint density at radius 1 is 0.390 bits per heavy atom. The fourth-order valence-corrected chi connectivity index (χ4v) is 19.3. The van der Waals surface area contributed by atoms with Gasteiger partial charge in [0.25, 0.3) is 0 Å². The van der Waals surface area contributed by atoms with Gasteiger partial charge in [0.2, 0.25) is 17.6 Å². The quantitative estimate of drug-likeness (QED) is 0.0237. The standard InChI is InChI=1S/C28H29ClFN5O2.C28H28ClFN4O3.2C27H27ClFN5O2/c1-17-14-31-16-23(29)28(17)18(2)36-21-5-6-25-22(12-21)26(34-33-25)13-24(30)19-4-7-27(32-15-19)37-20-8-10-35(3)11-9-20;1-17-13-31-15-23(29)28(17)18(2)37-21-4-5-25-22(11-21)26(34-33-25)12-24(30)20-3-6-27(32-14-20)36-16-19-7-9-35-10-8-19;1-16-13-30-15-22(28)27(16)17(2)36-20-4-5-24-21(11-20)25(34-33-24)12-23(29)18-3-6-26(31-14-18)32-19-7-9-35-10-8-19;1-16-13-31-15-22(28)27(16)17(2)35-20-4-5-24-21(11-20)25(34-33-24)12-23(29)18-3-6-26(32-14-18)36-19-7-9-30-10-8-19/h4-7,12-16,18,20H,8-11H2,1-3H3,(H,33,34);3-6,11-15,18-19H,7-10,16H2,1-2H3,(H,33,34);3-6,11-15,17,19H,7-10H2,1-2H3,(H,31,32)(H,33,34);3-6,11-15,17,19,30H,7-10H2,1-2H3,(H,33,34)/b24-13-;24-12-;2*23-12-/t2*18-;2*17-/m1111/s1. The van der Waals surface area contributed by atoms with E-state index in [0.717, 1.165) is 176 Å². The Hall–Kier alpha value is -14.0. The number of aryl methyl sites for hydroxylation is 4. The predicted octanol–water partition coefficient (Wildman–Crippen LogP) is 25.7. The summed E-state index contributed by atoms with van der Waals surface area (Å²) in [5, 5.41) is 40.7. The van der Waals surface area contributed by atoms with E-state index < -0.39 is 23.3 Å². The lowest BCUT2D eigenvalue weighted by atomic mass is 10.0. The number of nitrogens with one attached hydrogen (secondary N) is 6. The minimum atomic E-state index is -0.437. The van der Waals surface area contributed by atoms with Crippen molar-refractivity contribution in [2.45, 2.75) is 149 Å². The molecule has 4 atom stereocenters. The first-order chi connectivity index (χ1) is 70.8. The van der Waals surface area contributed by atoms with Crippen LogP contribution in [-0.2, 0) is 9.47 Å². The van der Waals surface area contributed by atoms with Crippen LogP contribution >= 0.6 is 46.4 Å². The van der Waals surface area contributed by atoms with Crippen molar-refractivity contribution >= 4 is 143 Å². The number of ether oxygens (including phenoxy) is 9. The molecule has 28 nitrogen and oxygen atoms in total. The molecular weight excluding hydrogens is 1950 g/mol. The second-order valence-electron chi connectivity index (χ2n) is 36.4. The Kier molecular flexibility index (Phi) is 34.6. The average molecular weight is 2060 g/mol. The number of hydrogen-bond donors (Lipinski definition) is 6. The molecule has 4 saturated heterocycles. The first-order valence-corrected chi connectivity index (χ1v) is 49.9. The number of nitrogens with zero attached hydrogens (tertiary/aromatic N) is 13. The van der Waals surface area contributed by atoms with Gasteiger partial charge in [-0.1, -0.05) is 46.4 Å². The molecule has 4 fully saturated rings. The fourth-order valence-electron chi connectivity index (χ4n) is 17.8. The summed E-state index contributed by atoms with van der Waals surface area (Å²) in [6, 6.07) is 36.0. The van der Waals surface area contributed by atoms with E-state index in [2.05, 4.69) is 103 Å². The summed E-state index contributed by atoms with van der Waals surface area (Å²) < 4.78 is 114. The van der Waals surface area contributed by atoms with Crippen molar-refractivity contribution in [1.82, 2.24) is 90.9 Å². The average Bonchev–Trinajstić information content (AvgIpc) is 1.62. The van der Waals surface area contributed by atoms with E-state index in [9.17, 15) is 0 Å². The largest absolute Gasteiger partial charge is 0.486 e. The van der Waals surface area contributed by atoms with Gasteiger partial charge in [-0.05, 0) is 258 Å². The van der Waals surface area contributed by atoms with Crippen LogP contribution in [0.5, 0.6) is 40.6 Å². The molecule has 146 heavy (non-hydrogen) atoms. The van der Waals surface area contributed by atoms with Gasteiger partial charge in [-0.25, -0.2) is 37.5 Å². The molecular formula is C110H111Cl4F4N19O9. The highest BCUT2D eigenvalue weighted by molar-refractivity contribution is 6.32. The van der Waals surface area contributed by atoms with Crippen LogP contribution in [0, 0.1) is 33.6 Å². The smallest absolute Gasteiger partial charge is 0.213 e. The molecule has 4 aliphatic rings. The lowest BCUT2D eigenvalue weighted by Crippen LogP contribution is -2.35. The molecule has 0 saturated carbocycles. The zero-order chi connectivity index (χ0) is 102. The lowest BCUT2D eigenvalue weighted by Gasteiger charge is -2.28. The SMILES string of the molecule is Cc1cncc(Cl)c1[C@@H](C)Oc1ccc2n[nH]c(/C=C(\F)c3ccc(NC4CCOCC4)nc3)c2c1.Cc1cncc(Cl)c1[C@@H](C)Oc1ccc2n[nH]c(/C=C(\F)c3ccc(OC4CCN(C)CC4)nc3)c2c1.Cc1cncc(Cl)c1[C@@H](C)Oc1ccc2n[nH]c(/C=C(\F)c3ccc(OC4CCNCC4)nc3)c2c1.Cc1cncc(Cl)c1[C@@H](C)Oc1ccc2n[nH]c(/C=C(\F)c3ccc(OCC4CCOCC4)nc3)c2c1. The predicted molar refractivity (Wildman–Crippen MR) is 564 cm³/mol. The molecule has 0 unspecified atom stereocenters. The number of aromatic nitrogens is 16. The minimum absolute atomic E-state index is 0.138. The van der Waals surface area contributed by atoms with Gasteiger partial charge in [-0.3, -0.25) is 40.3 Å². The summed E-state index contributed by atoms with van der Waals surface area (Å²) >= 11 is 25.4. The molecule has 4 aliphatic heterocycles. The van der Waals surface area contributed by atoms with Crippen LogP contribution in [0.1, 0.15) is 193 Å². The van der Waals surface area contributed by atoms with Crippen molar-refractivity contribution in [3.05, 3.63) is 305 Å². The molecule has 0 bridgehead atoms. The zero-order valence-electron chi connectivity index (χ0n) is 81.9. The highest BCUT2D eigenvalue weighted by Crippen LogP contribution is 2.40. The van der Waals surface area contributed by atoms with Crippen LogP contribution in [0.2, 0.25) is 20.1 Å². The summed E-state index contributed by atoms with van der Waals surface area (Å²) in [5.74, 6) is 3.48. The van der Waals surface area contributed by atoms with Gasteiger partial charge in [0.05, 0.1) is 71.5 Å². The van der Waals surface area contributed by atoms with Gasteiger partial charge >= 0.3 is 0 Å². The Morgan fingerprint density at radius 3 is 1.02 bits per heavy atom. The van der Waals surface area contributed by atoms with Gasteiger partial charge in [0, 0.05) is 228 Å². The molecule has 16 heterocycles. The molecule has 16 aromatic rings. The summed E-state index contributed by atoms with van der Waals surface area (Å²) in [5.41, 5.74) is 13.8. The molecule has 20 rings (SSSR count). The maximum absolute atomic E-state index is 15.2. The topological polar surface area (TPSA) is 328 Å². The number of aromatic amines is 4.